The molecule has 1 aliphatic carbocycles. The van der Waals surface area contributed by atoms with E-state index in [0.29, 0.717) is 17.4 Å². The average Bonchev–Trinajstić information content (AvgIpc) is 3.11. The molecule has 0 radical (unpaired) electrons. The molecule has 1 unspecified atom stereocenters. The summed E-state index contributed by atoms with van der Waals surface area (Å²) in [5.41, 5.74) is 1.61. The van der Waals surface area contributed by atoms with Gasteiger partial charge in [-0.05, 0) is 62.4 Å². The Balaban J connectivity index is 1.64. The summed E-state index contributed by atoms with van der Waals surface area (Å²) in [4.78, 5) is 32.7. The molecular weight excluding hydrogens is 421 g/mol. The van der Waals surface area contributed by atoms with Gasteiger partial charge in [0.15, 0.2) is 5.16 Å². The lowest BCUT2D eigenvalue weighted by atomic mass is 9.97. The summed E-state index contributed by atoms with van der Waals surface area (Å²) in [6.07, 6.45) is 5.82. The second kappa shape index (κ2) is 8.73. The lowest BCUT2D eigenvalue weighted by molar-refractivity contribution is -0.115. The summed E-state index contributed by atoms with van der Waals surface area (Å²) >= 11 is 2.83. The second-order valence-corrected chi connectivity index (χ2v) is 9.64. The van der Waals surface area contributed by atoms with Crippen LogP contribution in [0.5, 0.6) is 0 Å². The molecule has 0 bridgehead atoms. The molecule has 1 aromatic carbocycles. The predicted octanol–water partition coefficient (Wildman–Crippen LogP) is 4.78. The van der Waals surface area contributed by atoms with Gasteiger partial charge in [-0.3, -0.25) is 14.2 Å². The third kappa shape index (κ3) is 4.06. The molecule has 0 fully saturated rings. The van der Waals surface area contributed by atoms with Crippen LogP contribution in [0.4, 0.5) is 10.1 Å². The van der Waals surface area contributed by atoms with E-state index in [1.54, 1.807) is 28.9 Å². The summed E-state index contributed by atoms with van der Waals surface area (Å²) in [5.74, 6) is -0.600. The van der Waals surface area contributed by atoms with Crippen LogP contribution >= 0.6 is 23.1 Å². The minimum absolute atomic E-state index is 0.0621. The van der Waals surface area contributed by atoms with Crippen molar-refractivity contribution in [2.24, 2.45) is 0 Å². The molecule has 2 aromatic heterocycles. The van der Waals surface area contributed by atoms with Crippen molar-refractivity contribution in [3.05, 3.63) is 63.5 Å². The highest BCUT2D eigenvalue weighted by molar-refractivity contribution is 8.00. The van der Waals surface area contributed by atoms with Gasteiger partial charge in [0.1, 0.15) is 10.6 Å². The maximum Gasteiger partial charge on any atom is 0.263 e. The molecule has 0 saturated heterocycles. The van der Waals surface area contributed by atoms with Crippen LogP contribution < -0.4 is 10.9 Å². The Morgan fingerprint density at radius 1 is 1.37 bits per heavy atom. The Morgan fingerprint density at radius 3 is 2.83 bits per heavy atom. The topological polar surface area (TPSA) is 64.0 Å². The number of aromatic nitrogens is 2. The van der Waals surface area contributed by atoms with E-state index in [0.717, 1.165) is 41.5 Å². The van der Waals surface area contributed by atoms with E-state index in [1.165, 1.54) is 40.9 Å². The lowest BCUT2D eigenvalue weighted by Crippen LogP contribution is -2.27. The summed E-state index contributed by atoms with van der Waals surface area (Å²) in [7, 11) is 0. The van der Waals surface area contributed by atoms with E-state index in [-0.39, 0.29) is 17.3 Å². The molecule has 0 spiro atoms. The molecule has 156 valence electrons. The van der Waals surface area contributed by atoms with Gasteiger partial charge in [0.25, 0.3) is 5.56 Å². The Morgan fingerprint density at radius 2 is 2.10 bits per heavy atom. The zero-order valence-corrected chi connectivity index (χ0v) is 18.2. The number of allylic oxidation sites excluding steroid dienone is 1. The number of halogens is 1. The van der Waals surface area contributed by atoms with Gasteiger partial charge in [0.05, 0.1) is 10.6 Å². The van der Waals surface area contributed by atoms with E-state index in [2.05, 4.69) is 11.9 Å². The van der Waals surface area contributed by atoms with Crippen LogP contribution in [-0.2, 0) is 24.2 Å². The number of thiophene rings is 1. The first-order valence-corrected chi connectivity index (χ1v) is 11.6. The molecule has 8 heteroatoms. The number of rotatable bonds is 6. The molecule has 4 rings (SSSR count). The quantitative estimate of drug-likeness (QED) is 0.338. The number of hydrogen-bond donors (Lipinski definition) is 1. The Hall–Kier alpha value is -2.45. The fraction of sp³-hybridized carbons (Fsp3) is 0.318. The van der Waals surface area contributed by atoms with Gasteiger partial charge in [-0.1, -0.05) is 17.8 Å². The van der Waals surface area contributed by atoms with E-state index in [1.807, 2.05) is 0 Å². The van der Waals surface area contributed by atoms with Gasteiger partial charge in [-0.25, -0.2) is 9.37 Å². The monoisotopic (exact) mass is 443 g/mol. The second-order valence-electron chi connectivity index (χ2n) is 7.25. The van der Waals surface area contributed by atoms with Gasteiger partial charge >= 0.3 is 0 Å². The molecule has 3 aromatic rings. The smallest absolute Gasteiger partial charge is 0.263 e. The van der Waals surface area contributed by atoms with E-state index < -0.39 is 5.25 Å². The normalized spacial score (nSPS) is 14.3. The summed E-state index contributed by atoms with van der Waals surface area (Å²) < 4.78 is 14.7. The first-order chi connectivity index (χ1) is 14.5. The van der Waals surface area contributed by atoms with Gasteiger partial charge in [-0.2, -0.15) is 0 Å². The zero-order valence-electron chi connectivity index (χ0n) is 16.6. The first kappa shape index (κ1) is 20.8. The van der Waals surface area contributed by atoms with Crippen LogP contribution in [0.15, 0.2) is 46.9 Å². The number of carbonyl (C=O) groups excluding carboxylic acids is 1. The van der Waals surface area contributed by atoms with Crippen LogP contribution in [-0.4, -0.2) is 20.7 Å². The zero-order chi connectivity index (χ0) is 21.3. The largest absolute Gasteiger partial charge is 0.325 e. The summed E-state index contributed by atoms with van der Waals surface area (Å²) in [6, 6.07) is 5.61. The number of hydrogen-bond acceptors (Lipinski definition) is 5. The Kier molecular flexibility index (Phi) is 6.06. The minimum atomic E-state index is -0.495. The third-order valence-corrected chi connectivity index (χ3v) is 7.39. The minimum Gasteiger partial charge on any atom is -0.325 e. The van der Waals surface area contributed by atoms with Gasteiger partial charge in [0.2, 0.25) is 5.91 Å². The fourth-order valence-electron chi connectivity index (χ4n) is 3.59. The molecule has 1 amide bonds. The SMILES string of the molecule is C=CCn1c(SC(C)C(=O)Nc2ccc(F)cc2)nc2sc3c(c2c1=O)CCCC3. The van der Waals surface area contributed by atoms with E-state index >= 15 is 0 Å². The number of fused-ring (bicyclic) bond motifs is 3. The van der Waals surface area contributed by atoms with E-state index in [4.69, 9.17) is 4.98 Å². The number of carbonyl (C=O) groups is 1. The molecule has 30 heavy (non-hydrogen) atoms. The van der Waals surface area contributed by atoms with Crippen LogP contribution in [0, 0.1) is 5.82 Å². The van der Waals surface area contributed by atoms with Gasteiger partial charge in [0, 0.05) is 17.1 Å². The highest BCUT2D eigenvalue weighted by Crippen LogP contribution is 2.35. The molecular formula is C22H22FN3O2S2. The van der Waals surface area contributed by atoms with Crippen molar-refractivity contribution in [3.8, 4) is 0 Å². The molecule has 2 heterocycles. The van der Waals surface area contributed by atoms with Crippen molar-refractivity contribution < 1.29 is 9.18 Å². The maximum atomic E-state index is 13.3. The molecule has 1 aliphatic rings. The van der Waals surface area contributed by atoms with Crippen molar-refractivity contribution >= 4 is 44.9 Å². The fourth-order valence-corrected chi connectivity index (χ4v) is 5.81. The molecule has 0 aliphatic heterocycles. The summed E-state index contributed by atoms with van der Waals surface area (Å²) in [5, 5.41) is 3.51. The Bertz CT molecular complexity index is 1170. The number of anilines is 1. The van der Waals surface area contributed by atoms with Crippen molar-refractivity contribution in [2.75, 3.05) is 5.32 Å². The number of amides is 1. The Labute approximate surface area is 182 Å². The van der Waals surface area contributed by atoms with Crippen LogP contribution in [0.25, 0.3) is 10.2 Å². The number of nitrogens with zero attached hydrogens (tertiary/aromatic N) is 2. The molecule has 0 saturated carbocycles. The van der Waals surface area contributed by atoms with Gasteiger partial charge < -0.3 is 5.32 Å². The van der Waals surface area contributed by atoms with Crippen molar-refractivity contribution in [3.63, 3.8) is 0 Å². The first-order valence-electron chi connectivity index (χ1n) is 9.87. The standard InChI is InChI=1S/C22H22FN3O2S2/c1-3-12-26-21(28)18-16-6-4-5-7-17(16)30-20(18)25-22(26)29-13(2)19(27)24-15-10-8-14(23)9-11-15/h3,8-11,13H,1,4-7,12H2,2H3,(H,24,27). The van der Waals surface area contributed by atoms with Gasteiger partial charge in [-0.15, -0.1) is 17.9 Å². The van der Waals surface area contributed by atoms with Crippen LogP contribution in [0.2, 0.25) is 0 Å². The van der Waals surface area contributed by atoms with E-state index in [9.17, 15) is 14.0 Å². The average molecular weight is 444 g/mol. The number of benzene rings is 1. The van der Waals surface area contributed by atoms with Crippen LogP contribution in [0.3, 0.4) is 0 Å². The highest BCUT2D eigenvalue weighted by Gasteiger charge is 2.24. The number of nitrogens with one attached hydrogen (secondary N) is 1. The number of thioether (sulfide) groups is 1. The van der Waals surface area contributed by atoms with Crippen molar-refractivity contribution in [1.82, 2.24) is 9.55 Å². The van der Waals surface area contributed by atoms with Crippen LogP contribution in [0.1, 0.15) is 30.2 Å². The molecule has 5 nitrogen and oxygen atoms in total. The molecule has 1 N–H and O–H groups in total. The highest BCUT2D eigenvalue weighted by atomic mass is 32.2. The van der Waals surface area contributed by atoms with Crippen molar-refractivity contribution in [1.29, 1.82) is 0 Å². The maximum absolute atomic E-state index is 13.3. The van der Waals surface area contributed by atoms with Crippen molar-refractivity contribution in [2.45, 2.75) is 49.6 Å². The summed E-state index contributed by atoms with van der Waals surface area (Å²) in [6.45, 7) is 5.86. The number of aryl methyl sites for hydroxylation is 2. The lowest BCUT2D eigenvalue weighted by Gasteiger charge is -2.15. The predicted molar refractivity (Wildman–Crippen MR) is 121 cm³/mol. The third-order valence-electron chi connectivity index (χ3n) is 5.11. The molecule has 1 atom stereocenters.